The van der Waals surface area contributed by atoms with Crippen molar-refractivity contribution in [1.29, 1.82) is 0 Å². The zero-order valence-electron chi connectivity index (χ0n) is 5.68. The van der Waals surface area contributed by atoms with Gasteiger partial charge in [-0.2, -0.15) is 0 Å². The molecule has 0 spiro atoms. The van der Waals surface area contributed by atoms with Gasteiger partial charge in [-0.15, -0.1) is 11.6 Å². The molecule has 2 nitrogen and oxygen atoms in total. The second kappa shape index (κ2) is 3.28. The number of allylic oxidation sites excluding steroid dienone is 2. The highest BCUT2D eigenvalue weighted by Gasteiger charge is 2.14. The van der Waals surface area contributed by atoms with Crippen molar-refractivity contribution in [2.45, 2.75) is 11.8 Å². The van der Waals surface area contributed by atoms with E-state index >= 15 is 0 Å². The Kier molecular flexibility index (Phi) is 2.58. The fourth-order valence-corrected chi connectivity index (χ4v) is 1.53. The van der Waals surface area contributed by atoms with Crippen LogP contribution in [-0.2, 0) is 4.79 Å². The van der Waals surface area contributed by atoms with Crippen LogP contribution in [0.3, 0.4) is 0 Å². The summed E-state index contributed by atoms with van der Waals surface area (Å²) < 4.78 is 0. The molecule has 0 radical (unpaired) electrons. The molecular formula is C7H7Cl2NO. The summed E-state index contributed by atoms with van der Waals surface area (Å²) >= 11 is 11.4. The van der Waals surface area contributed by atoms with Gasteiger partial charge in [0.05, 0.1) is 5.38 Å². The van der Waals surface area contributed by atoms with E-state index in [4.69, 9.17) is 28.9 Å². The van der Waals surface area contributed by atoms with E-state index in [2.05, 4.69) is 0 Å². The molecule has 1 aliphatic carbocycles. The van der Waals surface area contributed by atoms with Crippen molar-refractivity contribution in [3.05, 3.63) is 22.8 Å². The average molecular weight is 192 g/mol. The van der Waals surface area contributed by atoms with E-state index in [1.165, 1.54) is 0 Å². The third kappa shape index (κ3) is 2.24. The number of hydrogen-bond acceptors (Lipinski definition) is 1. The van der Waals surface area contributed by atoms with Crippen molar-refractivity contribution in [1.82, 2.24) is 0 Å². The molecule has 0 saturated heterocycles. The third-order valence-corrected chi connectivity index (χ3v) is 1.89. The van der Waals surface area contributed by atoms with E-state index < -0.39 is 5.91 Å². The second-order valence-corrected chi connectivity index (χ2v) is 3.34. The van der Waals surface area contributed by atoms with Gasteiger partial charge in [0.2, 0.25) is 5.91 Å². The highest BCUT2D eigenvalue weighted by molar-refractivity contribution is 6.32. The van der Waals surface area contributed by atoms with Gasteiger partial charge in [0.1, 0.15) is 0 Å². The minimum Gasteiger partial charge on any atom is -0.366 e. The minimum absolute atomic E-state index is 0.213. The van der Waals surface area contributed by atoms with Crippen LogP contribution in [0.4, 0.5) is 0 Å². The molecule has 1 aliphatic rings. The lowest BCUT2D eigenvalue weighted by Crippen LogP contribution is -2.16. The number of amides is 1. The Hall–Kier alpha value is -0.470. The lowest BCUT2D eigenvalue weighted by Gasteiger charge is -2.10. The number of primary amides is 1. The molecule has 4 heteroatoms. The molecule has 1 rings (SSSR count). The van der Waals surface area contributed by atoms with Gasteiger partial charge in [-0.3, -0.25) is 4.79 Å². The summed E-state index contributed by atoms with van der Waals surface area (Å²) in [5.74, 6) is -0.492. The van der Waals surface area contributed by atoms with Gasteiger partial charge >= 0.3 is 0 Å². The van der Waals surface area contributed by atoms with Crippen molar-refractivity contribution in [2.75, 3.05) is 0 Å². The molecule has 1 atom stereocenters. The quantitative estimate of drug-likeness (QED) is 0.629. The number of carbonyl (C=O) groups excluding carboxylic acids is 1. The SMILES string of the molecule is NC(=O)C1=CC(Cl)CC(Cl)=C1. The van der Waals surface area contributed by atoms with Crippen LogP contribution in [0.15, 0.2) is 22.8 Å². The summed E-state index contributed by atoms with van der Waals surface area (Å²) in [5, 5.41) is 0.358. The van der Waals surface area contributed by atoms with E-state index in [0.29, 0.717) is 17.0 Å². The standard InChI is InChI=1S/C7H7Cl2NO/c8-5-1-4(7(10)11)2-6(9)3-5/h1-2,5H,3H2,(H2,10,11). The van der Waals surface area contributed by atoms with E-state index in [0.717, 1.165) is 0 Å². The molecule has 0 saturated carbocycles. The Labute approximate surface area is 74.7 Å². The Bertz CT molecular complexity index is 245. The van der Waals surface area contributed by atoms with Crippen LogP contribution in [0, 0.1) is 0 Å². The van der Waals surface area contributed by atoms with Crippen molar-refractivity contribution < 1.29 is 4.79 Å². The van der Waals surface area contributed by atoms with Gasteiger partial charge in [0.15, 0.2) is 0 Å². The van der Waals surface area contributed by atoms with E-state index in [-0.39, 0.29) is 5.38 Å². The fraction of sp³-hybridized carbons (Fsp3) is 0.286. The first-order valence-electron chi connectivity index (χ1n) is 3.11. The number of rotatable bonds is 1. The highest BCUT2D eigenvalue weighted by Crippen LogP contribution is 2.23. The van der Waals surface area contributed by atoms with Crippen LogP contribution in [0.2, 0.25) is 0 Å². The van der Waals surface area contributed by atoms with Crippen LogP contribution in [0.25, 0.3) is 0 Å². The maximum Gasteiger partial charge on any atom is 0.248 e. The molecule has 11 heavy (non-hydrogen) atoms. The molecule has 0 fully saturated rings. The van der Waals surface area contributed by atoms with Gasteiger partial charge in [0, 0.05) is 17.0 Å². The summed E-state index contributed by atoms with van der Waals surface area (Å²) in [4.78, 5) is 10.6. The summed E-state index contributed by atoms with van der Waals surface area (Å²) in [6.07, 6.45) is 3.72. The first kappa shape index (κ1) is 8.62. The number of nitrogens with two attached hydrogens (primary N) is 1. The highest BCUT2D eigenvalue weighted by atomic mass is 35.5. The van der Waals surface area contributed by atoms with Crippen LogP contribution in [-0.4, -0.2) is 11.3 Å². The normalized spacial score (nSPS) is 24.0. The fourth-order valence-electron chi connectivity index (χ4n) is 0.869. The van der Waals surface area contributed by atoms with Crippen molar-refractivity contribution in [2.24, 2.45) is 5.73 Å². The predicted molar refractivity (Wildman–Crippen MR) is 45.5 cm³/mol. The lowest BCUT2D eigenvalue weighted by molar-refractivity contribution is -0.114. The Morgan fingerprint density at radius 3 is 2.82 bits per heavy atom. The maximum absolute atomic E-state index is 10.6. The molecule has 60 valence electrons. The monoisotopic (exact) mass is 191 g/mol. The van der Waals surface area contributed by atoms with E-state index in [9.17, 15) is 4.79 Å². The average Bonchev–Trinajstić information content (AvgIpc) is 1.85. The largest absolute Gasteiger partial charge is 0.366 e. The summed E-state index contributed by atoms with van der Waals surface area (Å²) in [6.45, 7) is 0. The number of hydrogen-bond donors (Lipinski definition) is 1. The molecule has 1 amide bonds. The number of carbonyl (C=O) groups is 1. The van der Waals surface area contributed by atoms with Crippen LogP contribution >= 0.6 is 23.2 Å². The second-order valence-electron chi connectivity index (χ2n) is 2.30. The van der Waals surface area contributed by atoms with Gasteiger partial charge in [-0.25, -0.2) is 0 Å². The van der Waals surface area contributed by atoms with Crippen molar-refractivity contribution in [3.8, 4) is 0 Å². The van der Waals surface area contributed by atoms with Crippen LogP contribution in [0.5, 0.6) is 0 Å². The summed E-state index contributed by atoms with van der Waals surface area (Å²) in [6, 6.07) is 0. The first-order chi connectivity index (χ1) is 5.09. The van der Waals surface area contributed by atoms with E-state index in [1.54, 1.807) is 12.2 Å². The van der Waals surface area contributed by atoms with Crippen molar-refractivity contribution in [3.63, 3.8) is 0 Å². The smallest absolute Gasteiger partial charge is 0.248 e. The van der Waals surface area contributed by atoms with Gasteiger partial charge < -0.3 is 5.73 Å². The molecule has 1 unspecified atom stereocenters. The van der Waals surface area contributed by atoms with Crippen LogP contribution < -0.4 is 5.73 Å². The molecule has 2 N–H and O–H groups in total. The van der Waals surface area contributed by atoms with Gasteiger partial charge in [0.25, 0.3) is 0 Å². The third-order valence-electron chi connectivity index (χ3n) is 1.35. The molecular weight excluding hydrogens is 185 g/mol. The topological polar surface area (TPSA) is 43.1 Å². The Balaban J connectivity index is 2.87. The zero-order valence-corrected chi connectivity index (χ0v) is 7.19. The van der Waals surface area contributed by atoms with Crippen LogP contribution in [0.1, 0.15) is 6.42 Å². The van der Waals surface area contributed by atoms with E-state index in [1.807, 2.05) is 0 Å². The zero-order chi connectivity index (χ0) is 8.43. The minimum atomic E-state index is -0.492. The van der Waals surface area contributed by atoms with Gasteiger partial charge in [-0.1, -0.05) is 17.7 Å². The first-order valence-corrected chi connectivity index (χ1v) is 3.93. The molecule has 0 heterocycles. The maximum atomic E-state index is 10.6. The van der Waals surface area contributed by atoms with Crippen molar-refractivity contribution >= 4 is 29.1 Å². The van der Waals surface area contributed by atoms with Gasteiger partial charge in [-0.05, 0) is 6.08 Å². The summed E-state index contributed by atoms with van der Waals surface area (Å²) in [5.41, 5.74) is 5.41. The lowest BCUT2D eigenvalue weighted by atomic mass is 10.1. The Morgan fingerprint density at radius 2 is 2.36 bits per heavy atom. The molecule has 0 aromatic rings. The number of alkyl halides is 1. The number of halogens is 2. The molecule has 0 aliphatic heterocycles. The Morgan fingerprint density at radius 1 is 1.73 bits per heavy atom. The molecule has 0 bridgehead atoms. The molecule has 0 aromatic carbocycles. The molecule has 0 aromatic heterocycles. The predicted octanol–water partition coefficient (Wildman–Crippen LogP) is 1.53. The summed E-state index contributed by atoms with van der Waals surface area (Å²) in [7, 11) is 0.